The molecule has 1 atom stereocenters. The summed E-state index contributed by atoms with van der Waals surface area (Å²) in [6.07, 6.45) is -7.44. The van der Waals surface area contributed by atoms with Crippen LogP contribution in [0.3, 0.4) is 0 Å². The van der Waals surface area contributed by atoms with Gasteiger partial charge in [0.2, 0.25) is 0 Å². The van der Waals surface area contributed by atoms with Gasteiger partial charge in [0.15, 0.2) is 6.29 Å². The summed E-state index contributed by atoms with van der Waals surface area (Å²) in [5, 5.41) is -0.406. The number of alkyl halides is 8. The van der Waals surface area contributed by atoms with Crippen LogP contribution in [-0.4, -0.2) is 66.2 Å². The van der Waals surface area contributed by atoms with Gasteiger partial charge in [-0.3, -0.25) is 4.79 Å². The van der Waals surface area contributed by atoms with Crippen LogP contribution in [0.4, 0.5) is 26.3 Å². The zero-order valence-electron chi connectivity index (χ0n) is 28.9. The molecule has 23 heteroatoms. The molecule has 0 spiro atoms. The van der Waals surface area contributed by atoms with Crippen molar-refractivity contribution in [1.29, 1.82) is 0 Å². The molecule has 0 aliphatic rings. The van der Waals surface area contributed by atoms with Crippen LogP contribution >= 0.6 is 105 Å². The van der Waals surface area contributed by atoms with Crippen molar-refractivity contribution < 1.29 is 69.1 Å². The number of rotatable bonds is 12. The number of thiazole rings is 2. The first-order chi connectivity index (χ1) is 26.1. The van der Waals surface area contributed by atoms with Crippen molar-refractivity contribution in [3.63, 3.8) is 0 Å². The lowest BCUT2D eigenvalue weighted by molar-refractivity contribution is -0.163. The fourth-order valence-corrected chi connectivity index (χ4v) is 5.29. The number of aromatic nitrogens is 2. The number of esters is 2. The Morgan fingerprint density at radius 1 is 0.745 bits per heavy atom. The lowest BCUT2D eigenvalue weighted by Gasteiger charge is -2.24. The fourth-order valence-electron chi connectivity index (χ4n) is 4.00. The third-order valence-corrected chi connectivity index (χ3v) is 8.03. The molecule has 0 amide bonds. The normalized spacial score (nSPS) is 11.7. The molecule has 0 radical (unpaired) electrons. The second kappa shape index (κ2) is 26.3. The molecule has 304 valence electrons. The van der Waals surface area contributed by atoms with Gasteiger partial charge in [-0.2, -0.15) is 26.3 Å². The van der Waals surface area contributed by atoms with Crippen LogP contribution in [0.2, 0.25) is 0 Å². The lowest BCUT2D eigenvalue weighted by Crippen LogP contribution is -2.30. The Balaban J connectivity index is 0.000000494. The number of methoxy groups -OCH3 is 5. The van der Waals surface area contributed by atoms with E-state index in [1.54, 1.807) is 36.4 Å². The average molecular weight is 1270 g/mol. The van der Waals surface area contributed by atoms with Crippen molar-refractivity contribution >= 4 is 123 Å². The molecule has 1 unspecified atom stereocenters. The van der Waals surface area contributed by atoms with E-state index < -0.39 is 46.3 Å². The quantitative estimate of drug-likeness (QED) is 0.0256. The molecule has 4 rings (SSSR count). The number of benzene rings is 2. The van der Waals surface area contributed by atoms with E-state index in [0.717, 1.165) is 6.26 Å². The summed E-state index contributed by atoms with van der Waals surface area (Å²) in [6, 6.07) is 12.6. The number of carbonyl (C=O) groups is 2. The predicted molar refractivity (Wildman–Crippen MR) is 228 cm³/mol. The molecule has 0 saturated carbocycles. The molecule has 4 aromatic rings. The number of nitrogens with zero attached hydrogens (tertiary/aromatic N) is 2. The molecular weight excluding hydrogens is 1240 g/mol. The summed E-state index contributed by atoms with van der Waals surface area (Å²) < 4.78 is 113. The third-order valence-electron chi connectivity index (χ3n) is 6.19. The van der Waals surface area contributed by atoms with Crippen molar-refractivity contribution in [3.05, 3.63) is 88.1 Å². The van der Waals surface area contributed by atoms with Crippen molar-refractivity contribution in [2.24, 2.45) is 0 Å². The number of halogens is 10. The van der Waals surface area contributed by atoms with Gasteiger partial charge >= 0.3 is 24.3 Å². The molecule has 0 bridgehead atoms. The maximum atomic E-state index is 12.7. The van der Waals surface area contributed by atoms with Gasteiger partial charge in [-0.15, -0.1) is 0 Å². The van der Waals surface area contributed by atoms with Crippen LogP contribution in [0.1, 0.15) is 26.8 Å². The van der Waals surface area contributed by atoms with Crippen LogP contribution in [0.5, 0.6) is 21.9 Å². The Morgan fingerprint density at radius 3 is 1.62 bits per heavy atom. The summed E-state index contributed by atoms with van der Waals surface area (Å²) in [5.74, 6) is -2.04. The van der Waals surface area contributed by atoms with Gasteiger partial charge in [0, 0.05) is 62.6 Å². The van der Waals surface area contributed by atoms with Crippen LogP contribution in [0, 0.1) is 0 Å². The number of hydrogen-bond donors (Lipinski definition) is 0. The van der Waals surface area contributed by atoms with Gasteiger partial charge in [0.1, 0.15) is 32.7 Å². The Hall–Kier alpha value is -1.80. The Bertz CT molecular complexity index is 1790. The molecule has 0 fully saturated rings. The zero-order valence-corrected chi connectivity index (χ0v) is 39.1. The maximum Gasteiger partial charge on any atom is 0.427 e. The summed E-state index contributed by atoms with van der Waals surface area (Å²) in [6.45, 7) is 0. The van der Waals surface area contributed by atoms with E-state index in [0.29, 0.717) is 46.2 Å². The van der Waals surface area contributed by atoms with Gasteiger partial charge in [-0.25, -0.2) is 14.8 Å². The molecular formula is C32H30F6I4N2O9S2. The molecule has 0 aliphatic heterocycles. The van der Waals surface area contributed by atoms with Gasteiger partial charge in [-0.05, 0) is 12.1 Å². The van der Waals surface area contributed by atoms with Gasteiger partial charge in [0.05, 0.1) is 42.4 Å². The van der Waals surface area contributed by atoms with Crippen molar-refractivity contribution in [3.8, 4) is 21.9 Å². The molecule has 2 aromatic heterocycles. The number of carbonyl (C=O) groups excluding carboxylic acids is 2. The summed E-state index contributed by atoms with van der Waals surface area (Å²) in [5.41, 5.74) is 0.690. The minimum absolute atomic E-state index is 0.0585. The molecule has 11 nitrogen and oxygen atoms in total. The topological polar surface area (TPSA) is 125 Å². The highest BCUT2D eigenvalue weighted by molar-refractivity contribution is 15.0. The van der Waals surface area contributed by atoms with Crippen LogP contribution in [0.15, 0.2) is 67.2 Å². The average Bonchev–Trinajstić information content (AvgIpc) is 3.85. The van der Waals surface area contributed by atoms with Crippen LogP contribution in [0.25, 0.3) is 5.57 Å². The minimum Gasteiger partial charge on any atom is -0.503 e. The molecule has 2 heterocycles. The van der Waals surface area contributed by atoms with E-state index in [-0.39, 0.29) is 27.5 Å². The first-order valence-electron chi connectivity index (χ1n) is 14.4. The van der Waals surface area contributed by atoms with Crippen LogP contribution < -0.4 is 9.47 Å². The van der Waals surface area contributed by atoms with E-state index in [4.69, 9.17) is 28.4 Å². The number of ether oxygens (including phenoxy) is 7. The number of para-hydroxylation sites is 2. The van der Waals surface area contributed by atoms with Crippen molar-refractivity contribution in [2.45, 2.75) is 24.6 Å². The lowest BCUT2D eigenvalue weighted by atomic mass is 9.97. The first kappa shape index (κ1) is 51.2. The Kier molecular flexibility index (Phi) is 24.4. The van der Waals surface area contributed by atoms with E-state index >= 15 is 0 Å². The smallest absolute Gasteiger partial charge is 0.427 e. The second-order valence-electron chi connectivity index (χ2n) is 9.41. The predicted octanol–water partition coefficient (Wildman–Crippen LogP) is 11.5. The van der Waals surface area contributed by atoms with E-state index in [9.17, 15) is 35.9 Å². The second-order valence-corrected chi connectivity index (χ2v) is 15.8. The van der Waals surface area contributed by atoms with Gasteiger partial charge in [-0.1, -0.05) is 104 Å². The largest absolute Gasteiger partial charge is 0.503 e. The first-order valence-corrected chi connectivity index (χ1v) is 25.4. The Morgan fingerprint density at radius 2 is 1.20 bits per heavy atom. The summed E-state index contributed by atoms with van der Waals surface area (Å²) in [4.78, 5) is 29.5. The van der Waals surface area contributed by atoms with Gasteiger partial charge in [0.25, 0.3) is 10.4 Å². The molecule has 0 aliphatic carbocycles. The molecule has 0 N–H and O–H groups in total. The highest BCUT2D eigenvalue weighted by Crippen LogP contribution is 2.41. The van der Waals surface area contributed by atoms with E-state index in [1.165, 1.54) is 50.1 Å². The third kappa shape index (κ3) is 16.5. The highest BCUT2D eigenvalue weighted by atomic mass is 128. The molecule has 0 saturated heterocycles. The summed E-state index contributed by atoms with van der Waals surface area (Å²) >= 11 is 9.50. The van der Waals surface area contributed by atoms with Gasteiger partial charge < -0.3 is 33.2 Å². The van der Waals surface area contributed by atoms with Crippen LogP contribution in [-0.2, 0) is 45.6 Å². The zero-order chi connectivity index (χ0) is 41.8. The highest BCUT2D eigenvalue weighted by Gasteiger charge is 2.36. The summed E-state index contributed by atoms with van der Waals surface area (Å²) in [7, 11) is 6.46. The van der Waals surface area contributed by atoms with E-state index in [1.807, 2.05) is 0 Å². The maximum absolute atomic E-state index is 12.7. The number of hydrogen-bond acceptors (Lipinski definition) is 13. The fraction of sp³-hybridized carbons (Fsp3) is 0.312. The Labute approximate surface area is 370 Å². The monoisotopic (exact) mass is 1270 g/mol. The van der Waals surface area contributed by atoms with Crippen molar-refractivity contribution in [1.82, 2.24) is 9.97 Å². The standard InChI is InChI=1S/C16H16F3NO5S.C15H12F3NO4S.CH2I2.I2/c1-22-13(21)12(14(23-2)24-3)9-6-4-5-7-10(9)25-15-20-8-11(26-15)16(17,18)19;1-21-8-10(13(20)22-2)9-5-3-4-6-11(9)23-14-19-7-12(24-14)15(16,17)18;2-1-3;1-2/h4-8,12,14H,1-3H3;3-8H,1-2H3;1H2;/b;10-8+;;. The SMILES string of the molecule is CO/C=C(/C(=O)OC)c1ccccc1Oc1ncc(C(F)(F)F)s1.COC(=O)C(c1ccccc1Oc1ncc(C(F)(F)F)s1)C(OC)OC.ICI.II. The molecule has 55 heavy (non-hydrogen) atoms. The van der Waals surface area contributed by atoms with Crippen molar-refractivity contribution in [2.75, 3.05) is 38.0 Å². The minimum atomic E-state index is -4.51. The molecule has 2 aromatic carbocycles. The van der Waals surface area contributed by atoms with E-state index in [2.05, 4.69) is 97.1 Å².